The third kappa shape index (κ3) is 1.93. The summed E-state index contributed by atoms with van der Waals surface area (Å²) in [5.41, 5.74) is 7.72. The smallest absolute Gasteiger partial charge is 0.0000579 e. The quantitative estimate of drug-likeness (QED) is 0.800. The van der Waals surface area contributed by atoms with Gasteiger partial charge in [-0.05, 0) is 42.2 Å². The van der Waals surface area contributed by atoms with Gasteiger partial charge in [0.2, 0.25) is 0 Å². The zero-order chi connectivity index (χ0) is 10.9. The van der Waals surface area contributed by atoms with Crippen LogP contribution in [-0.2, 0) is 5.41 Å². The first-order valence-corrected chi connectivity index (χ1v) is 5.94. The molecule has 2 rings (SSSR count). The Morgan fingerprint density at radius 2 is 2.00 bits per heavy atom. The third-order valence-electron chi connectivity index (χ3n) is 3.64. The summed E-state index contributed by atoms with van der Waals surface area (Å²) in [5, 5.41) is 0. The molecule has 1 fully saturated rings. The Hall–Kier alpha value is -0.820. The van der Waals surface area contributed by atoms with Crippen molar-refractivity contribution in [1.82, 2.24) is 0 Å². The van der Waals surface area contributed by atoms with Gasteiger partial charge in [0.25, 0.3) is 0 Å². The molecule has 0 bridgehead atoms. The van der Waals surface area contributed by atoms with Crippen molar-refractivity contribution in [2.45, 2.75) is 32.1 Å². The van der Waals surface area contributed by atoms with Crippen molar-refractivity contribution in [3.8, 4) is 0 Å². The zero-order valence-electron chi connectivity index (χ0n) is 9.74. The van der Waals surface area contributed by atoms with Crippen molar-refractivity contribution in [2.75, 3.05) is 6.54 Å². The second kappa shape index (κ2) is 3.97. The van der Waals surface area contributed by atoms with Crippen molar-refractivity contribution >= 4 is 0 Å². The van der Waals surface area contributed by atoms with Crippen LogP contribution in [0.5, 0.6) is 0 Å². The van der Waals surface area contributed by atoms with Gasteiger partial charge in [0.1, 0.15) is 0 Å². The van der Waals surface area contributed by atoms with Crippen LogP contribution >= 0.6 is 0 Å². The molecule has 0 spiro atoms. The van der Waals surface area contributed by atoms with Gasteiger partial charge < -0.3 is 5.73 Å². The van der Waals surface area contributed by atoms with Crippen molar-refractivity contribution in [3.05, 3.63) is 35.9 Å². The predicted molar refractivity (Wildman–Crippen MR) is 64.7 cm³/mol. The van der Waals surface area contributed by atoms with E-state index in [0.717, 1.165) is 12.5 Å². The SMILES string of the molecule is CC(C)CC1(c2ccccc2)CC1CN. The maximum absolute atomic E-state index is 5.82. The number of hydrogen-bond acceptors (Lipinski definition) is 1. The van der Waals surface area contributed by atoms with Crippen molar-refractivity contribution in [1.29, 1.82) is 0 Å². The molecule has 15 heavy (non-hydrogen) atoms. The van der Waals surface area contributed by atoms with Crippen LogP contribution in [0.1, 0.15) is 32.3 Å². The van der Waals surface area contributed by atoms with E-state index in [1.165, 1.54) is 18.4 Å². The molecule has 2 N–H and O–H groups in total. The highest BCUT2D eigenvalue weighted by Gasteiger charge is 2.53. The van der Waals surface area contributed by atoms with E-state index in [2.05, 4.69) is 44.2 Å². The second-order valence-electron chi connectivity index (χ2n) is 5.26. The minimum Gasteiger partial charge on any atom is -0.330 e. The lowest BCUT2D eigenvalue weighted by Crippen LogP contribution is -2.17. The van der Waals surface area contributed by atoms with Crippen LogP contribution in [0.2, 0.25) is 0 Å². The molecule has 1 aromatic rings. The maximum atomic E-state index is 5.82. The fraction of sp³-hybridized carbons (Fsp3) is 0.571. The van der Waals surface area contributed by atoms with E-state index >= 15 is 0 Å². The summed E-state index contributed by atoms with van der Waals surface area (Å²) in [6.07, 6.45) is 2.56. The maximum Gasteiger partial charge on any atom is -0.0000579 e. The van der Waals surface area contributed by atoms with Gasteiger partial charge in [-0.3, -0.25) is 0 Å². The monoisotopic (exact) mass is 203 g/mol. The largest absolute Gasteiger partial charge is 0.330 e. The molecular formula is C14H21N. The summed E-state index contributed by atoms with van der Waals surface area (Å²) in [5.74, 6) is 1.46. The summed E-state index contributed by atoms with van der Waals surface area (Å²) in [4.78, 5) is 0. The molecule has 1 heteroatoms. The minimum atomic E-state index is 0.407. The molecular weight excluding hydrogens is 182 g/mol. The molecule has 2 unspecified atom stereocenters. The molecule has 1 saturated carbocycles. The Morgan fingerprint density at radius 1 is 1.33 bits per heavy atom. The molecule has 82 valence electrons. The van der Waals surface area contributed by atoms with Gasteiger partial charge in [-0.25, -0.2) is 0 Å². The van der Waals surface area contributed by atoms with Crippen LogP contribution in [0.3, 0.4) is 0 Å². The molecule has 0 radical (unpaired) electrons. The molecule has 1 aliphatic rings. The molecule has 2 atom stereocenters. The third-order valence-corrected chi connectivity index (χ3v) is 3.64. The standard InChI is InChI=1S/C14H21N/c1-11(2)8-14(9-13(14)10-15)12-6-4-3-5-7-12/h3-7,11,13H,8-10,15H2,1-2H3. The number of hydrogen-bond donors (Lipinski definition) is 1. The molecule has 0 heterocycles. The number of benzene rings is 1. The van der Waals surface area contributed by atoms with E-state index in [-0.39, 0.29) is 0 Å². The van der Waals surface area contributed by atoms with Crippen LogP contribution in [0.25, 0.3) is 0 Å². The van der Waals surface area contributed by atoms with Gasteiger partial charge in [0.15, 0.2) is 0 Å². The molecule has 1 aromatic carbocycles. The molecule has 1 nitrogen and oxygen atoms in total. The lowest BCUT2D eigenvalue weighted by molar-refractivity contribution is 0.457. The van der Waals surface area contributed by atoms with Crippen molar-refractivity contribution < 1.29 is 0 Å². The average Bonchev–Trinajstić information content (AvgIpc) is 2.93. The molecule has 0 aliphatic heterocycles. The summed E-state index contributed by atoms with van der Waals surface area (Å²) in [6.45, 7) is 5.44. The van der Waals surface area contributed by atoms with Gasteiger partial charge in [-0.1, -0.05) is 44.2 Å². The first-order valence-electron chi connectivity index (χ1n) is 5.94. The van der Waals surface area contributed by atoms with E-state index in [9.17, 15) is 0 Å². The summed E-state index contributed by atoms with van der Waals surface area (Å²) < 4.78 is 0. The molecule has 1 aliphatic carbocycles. The highest BCUT2D eigenvalue weighted by Crippen LogP contribution is 2.57. The van der Waals surface area contributed by atoms with Crippen molar-refractivity contribution in [2.24, 2.45) is 17.6 Å². The topological polar surface area (TPSA) is 26.0 Å². The first-order chi connectivity index (χ1) is 7.19. The normalized spacial score (nSPS) is 29.5. The Labute approximate surface area is 92.7 Å². The lowest BCUT2D eigenvalue weighted by Gasteiger charge is -2.20. The first kappa shape index (κ1) is 10.7. The Morgan fingerprint density at radius 3 is 2.47 bits per heavy atom. The van der Waals surface area contributed by atoms with Crippen LogP contribution < -0.4 is 5.73 Å². The van der Waals surface area contributed by atoms with Crippen LogP contribution in [0.15, 0.2) is 30.3 Å². The molecule has 0 amide bonds. The zero-order valence-corrected chi connectivity index (χ0v) is 9.74. The molecule has 0 aromatic heterocycles. The van der Waals surface area contributed by atoms with Crippen LogP contribution in [0.4, 0.5) is 0 Å². The van der Waals surface area contributed by atoms with E-state index in [0.29, 0.717) is 11.3 Å². The van der Waals surface area contributed by atoms with E-state index < -0.39 is 0 Å². The highest BCUT2D eigenvalue weighted by molar-refractivity contribution is 5.33. The highest BCUT2D eigenvalue weighted by atomic mass is 14.7. The summed E-state index contributed by atoms with van der Waals surface area (Å²) in [7, 11) is 0. The average molecular weight is 203 g/mol. The Balaban J connectivity index is 2.22. The van der Waals surface area contributed by atoms with E-state index in [1.807, 2.05) is 0 Å². The van der Waals surface area contributed by atoms with Crippen LogP contribution in [0, 0.1) is 11.8 Å². The van der Waals surface area contributed by atoms with Crippen molar-refractivity contribution in [3.63, 3.8) is 0 Å². The van der Waals surface area contributed by atoms with Gasteiger partial charge in [0, 0.05) is 0 Å². The second-order valence-corrected chi connectivity index (χ2v) is 5.26. The minimum absolute atomic E-state index is 0.407. The predicted octanol–water partition coefficient (Wildman–Crippen LogP) is 2.95. The van der Waals surface area contributed by atoms with Gasteiger partial charge >= 0.3 is 0 Å². The molecule has 0 saturated heterocycles. The van der Waals surface area contributed by atoms with Gasteiger partial charge in [-0.15, -0.1) is 0 Å². The fourth-order valence-electron chi connectivity index (χ4n) is 2.91. The summed E-state index contributed by atoms with van der Waals surface area (Å²) >= 11 is 0. The van der Waals surface area contributed by atoms with Gasteiger partial charge in [-0.2, -0.15) is 0 Å². The van der Waals surface area contributed by atoms with E-state index in [1.54, 1.807) is 0 Å². The van der Waals surface area contributed by atoms with Gasteiger partial charge in [0.05, 0.1) is 0 Å². The lowest BCUT2D eigenvalue weighted by atomic mass is 9.85. The number of rotatable bonds is 4. The fourth-order valence-corrected chi connectivity index (χ4v) is 2.91. The van der Waals surface area contributed by atoms with E-state index in [4.69, 9.17) is 5.73 Å². The number of nitrogens with two attached hydrogens (primary N) is 1. The Bertz CT molecular complexity index is 317. The summed E-state index contributed by atoms with van der Waals surface area (Å²) in [6, 6.07) is 10.9. The Kier molecular flexibility index (Phi) is 2.83. The van der Waals surface area contributed by atoms with Crippen LogP contribution in [-0.4, -0.2) is 6.54 Å².